The summed E-state index contributed by atoms with van der Waals surface area (Å²) in [6.45, 7) is 0.171. The molecule has 0 radical (unpaired) electrons. The molecule has 1 amide bonds. The quantitative estimate of drug-likeness (QED) is 0.289. The Hall–Kier alpha value is -1.30. The van der Waals surface area contributed by atoms with Crippen LogP contribution in [0.3, 0.4) is 0 Å². The first-order valence-electron chi connectivity index (χ1n) is 6.27. The molecule has 1 rings (SSSR count). The predicted molar refractivity (Wildman–Crippen MR) is 66.9 cm³/mol. The van der Waals surface area contributed by atoms with Crippen LogP contribution in [0, 0.1) is 0 Å². The van der Waals surface area contributed by atoms with E-state index in [1.54, 1.807) is 0 Å². The van der Waals surface area contributed by atoms with Crippen molar-refractivity contribution in [1.29, 1.82) is 0 Å². The Morgan fingerprint density at radius 1 is 1.38 bits per heavy atom. The lowest BCUT2D eigenvalue weighted by Crippen LogP contribution is -2.64. The molecule has 6 atom stereocenters. The summed E-state index contributed by atoms with van der Waals surface area (Å²) >= 11 is 0. The Morgan fingerprint density at radius 3 is 2.48 bits per heavy atom. The molecule has 0 aromatic carbocycles. The van der Waals surface area contributed by atoms with Crippen LogP contribution < -0.4 is 11.1 Å². The van der Waals surface area contributed by atoms with E-state index >= 15 is 0 Å². The zero-order chi connectivity index (χ0) is 16.2. The zero-order valence-electron chi connectivity index (χ0n) is 11.4. The Kier molecular flexibility index (Phi) is 6.45. The van der Waals surface area contributed by atoms with Crippen LogP contribution in [0.4, 0.5) is 0 Å². The van der Waals surface area contributed by atoms with Crippen LogP contribution in [-0.4, -0.2) is 82.2 Å². The standard InChI is InChI=1S/C11H20N2O8/c1-4(15)13-7-9(17)8(16)6(2-14)21-11(7)20-3-5(12)10(18)19/h5-9,11,14,16-17H,2-3,12H2,1H3,(H,13,15)(H,18,19)/t5-,6?,7?,8+,9+,11+/m0/s1. The van der Waals surface area contributed by atoms with Gasteiger partial charge in [0.2, 0.25) is 5.91 Å². The van der Waals surface area contributed by atoms with Crippen molar-refractivity contribution >= 4 is 11.9 Å². The van der Waals surface area contributed by atoms with E-state index < -0.39 is 61.8 Å². The SMILES string of the molecule is CC(=O)NC1[C@H](OC[C@H](N)C(=O)O)OC(CO)[C@@H](O)[C@@H]1O. The van der Waals surface area contributed by atoms with Crippen molar-refractivity contribution < 1.29 is 39.5 Å². The summed E-state index contributed by atoms with van der Waals surface area (Å²) in [5.74, 6) is -1.80. The van der Waals surface area contributed by atoms with Crippen molar-refractivity contribution in [2.75, 3.05) is 13.2 Å². The molecule has 122 valence electrons. The molecule has 7 N–H and O–H groups in total. The molecule has 0 bridgehead atoms. The van der Waals surface area contributed by atoms with E-state index in [0.717, 1.165) is 0 Å². The molecular formula is C11H20N2O8. The number of nitrogens with one attached hydrogen (secondary N) is 1. The maximum Gasteiger partial charge on any atom is 0.322 e. The largest absolute Gasteiger partial charge is 0.480 e. The minimum absolute atomic E-state index is 0.433. The average Bonchev–Trinajstić information content (AvgIpc) is 2.42. The fourth-order valence-electron chi connectivity index (χ4n) is 1.88. The zero-order valence-corrected chi connectivity index (χ0v) is 11.4. The number of carboxylic acid groups (broad SMARTS) is 1. The minimum atomic E-state index is -1.45. The minimum Gasteiger partial charge on any atom is -0.480 e. The van der Waals surface area contributed by atoms with Crippen molar-refractivity contribution in [2.45, 2.75) is 43.6 Å². The van der Waals surface area contributed by atoms with Gasteiger partial charge in [-0.25, -0.2) is 0 Å². The second-order valence-electron chi connectivity index (χ2n) is 4.71. The Labute approximate surface area is 120 Å². The first-order chi connectivity index (χ1) is 9.77. The van der Waals surface area contributed by atoms with Crippen molar-refractivity contribution in [3.05, 3.63) is 0 Å². The lowest BCUT2D eigenvalue weighted by atomic mass is 9.97. The number of carboxylic acids is 1. The molecule has 1 aliphatic rings. The highest BCUT2D eigenvalue weighted by atomic mass is 16.7. The maximum absolute atomic E-state index is 11.1. The summed E-state index contributed by atoms with van der Waals surface area (Å²) < 4.78 is 10.4. The number of aliphatic hydroxyl groups excluding tert-OH is 3. The molecule has 0 aromatic heterocycles. The van der Waals surface area contributed by atoms with Gasteiger partial charge in [0.15, 0.2) is 6.29 Å². The Balaban J connectivity index is 2.78. The molecule has 1 fully saturated rings. The van der Waals surface area contributed by atoms with Crippen LogP contribution in [0.2, 0.25) is 0 Å². The normalized spacial score (nSPS) is 34.2. The van der Waals surface area contributed by atoms with Gasteiger partial charge in [-0.2, -0.15) is 0 Å². The van der Waals surface area contributed by atoms with Crippen LogP contribution in [0.1, 0.15) is 6.92 Å². The van der Waals surface area contributed by atoms with Gasteiger partial charge < -0.3 is 41.0 Å². The smallest absolute Gasteiger partial charge is 0.322 e. The molecule has 21 heavy (non-hydrogen) atoms. The molecule has 2 unspecified atom stereocenters. The first kappa shape index (κ1) is 17.8. The highest BCUT2D eigenvalue weighted by molar-refractivity contribution is 5.73. The third-order valence-corrected chi connectivity index (χ3v) is 3.01. The van der Waals surface area contributed by atoms with Crippen molar-refractivity contribution in [3.8, 4) is 0 Å². The van der Waals surface area contributed by atoms with Gasteiger partial charge in [0.1, 0.15) is 30.4 Å². The van der Waals surface area contributed by atoms with Crippen LogP contribution in [-0.2, 0) is 19.1 Å². The molecule has 1 saturated heterocycles. The molecule has 1 aliphatic heterocycles. The van der Waals surface area contributed by atoms with E-state index in [4.69, 9.17) is 25.4 Å². The van der Waals surface area contributed by atoms with E-state index in [0.29, 0.717) is 0 Å². The number of aliphatic carboxylic acids is 1. The number of hydrogen-bond acceptors (Lipinski definition) is 8. The molecule has 10 nitrogen and oxygen atoms in total. The van der Waals surface area contributed by atoms with Crippen molar-refractivity contribution in [2.24, 2.45) is 5.73 Å². The molecule has 10 heteroatoms. The molecule has 0 aliphatic carbocycles. The van der Waals surface area contributed by atoms with Gasteiger partial charge in [-0.15, -0.1) is 0 Å². The number of carbonyl (C=O) groups is 2. The van der Waals surface area contributed by atoms with E-state index in [-0.39, 0.29) is 0 Å². The highest BCUT2D eigenvalue weighted by Gasteiger charge is 2.45. The third-order valence-electron chi connectivity index (χ3n) is 3.01. The topological polar surface area (TPSA) is 172 Å². The van der Waals surface area contributed by atoms with Gasteiger partial charge in [0.05, 0.1) is 13.2 Å². The summed E-state index contributed by atoms with van der Waals surface area (Å²) in [6, 6.07) is -2.44. The van der Waals surface area contributed by atoms with Crippen molar-refractivity contribution in [1.82, 2.24) is 5.32 Å². The second kappa shape index (κ2) is 7.64. The number of nitrogens with two attached hydrogens (primary N) is 1. The van der Waals surface area contributed by atoms with Gasteiger partial charge in [-0.1, -0.05) is 0 Å². The number of aliphatic hydroxyl groups is 3. The van der Waals surface area contributed by atoms with Gasteiger partial charge >= 0.3 is 5.97 Å². The average molecular weight is 308 g/mol. The number of ether oxygens (including phenoxy) is 2. The van der Waals surface area contributed by atoms with Crippen LogP contribution in [0.15, 0.2) is 0 Å². The number of rotatable bonds is 6. The van der Waals surface area contributed by atoms with Gasteiger partial charge in [0.25, 0.3) is 0 Å². The highest BCUT2D eigenvalue weighted by Crippen LogP contribution is 2.22. The Bertz CT molecular complexity index is 379. The fraction of sp³-hybridized carbons (Fsp3) is 0.818. The predicted octanol–water partition coefficient (Wildman–Crippen LogP) is -3.64. The van der Waals surface area contributed by atoms with E-state index in [1.807, 2.05) is 0 Å². The second-order valence-corrected chi connectivity index (χ2v) is 4.71. The van der Waals surface area contributed by atoms with Crippen LogP contribution in [0.5, 0.6) is 0 Å². The van der Waals surface area contributed by atoms with Crippen LogP contribution in [0.25, 0.3) is 0 Å². The molecule has 0 saturated carbocycles. The van der Waals surface area contributed by atoms with E-state index in [1.165, 1.54) is 6.92 Å². The lowest BCUT2D eigenvalue weighted by Gasteiger charge is -2.42. The lowest BCUT2D eigenvalue weighted by molar-refractivity contribution is -0.270. The molecule has 1 heterocycles. The summed E-state index contributed by atoms with van der Waals surface area (Å²) in [7, 11) is 0. The summed E-state index contributed by atoms with van der Waals surface area (Å²) in [5, 5.41) is 39.8. The van der Waals surface area contributed by atoms with E-state index in [2.05, 4.69) is 5.32 Å². The molecular weight excluding hydrogens is 288 g/mol. The first-order valence-corrected chi connectivity index (χ1v) is 6.27. The summed E-state index contributed by atoms with van der Waals surface area (Å²) in [4.78, 5) is 21.7. The summed E-state index contributed by atoms with van der Waals surface area (Å²) in [6.07, 6.45) is -5.27. The third kappa shape index (κ3) is 4.59. The number of hydrogen-bond donors (Lipinski definition) is 6. The molecule has 0 aromatic rings. The van der Waals surface area contributed by atoms with Gasteiger partial charge in [0, 0.05) is 6.92 Å². The Morgan fingerprint density at radius 2 is 2.00 bits per heavy atom. The van der Waals surface area contributed by atoms with Crippen LogP contribution >= 0.6 is 0 Å². The molecule has 0 spiro atoms. The summed E-state index contributed by atoms with van der Waals surface area (Å²) in [5.41, 5.74) is 5.28. The number of carbonyl (C=O) groups excluding carboxylic acids is 1. The fourth-order valence-corrected chi connectivity index (χ4v) is 1.88. The monoisotopic (exact) mass is 308 g/mol. The maximum atomic E-state index is 11.1. The van der Waals surface area contributed by atoms with Gasteiger partial charge in [-0.3, -0.25) is 9.59 Å². The van der Waals surface area contributed by atoms with Gasteiger partial charge in [-0.05, 0) is 0 Å². The number of amides is 1. The van der Waals surface area contributed by atoms with E-state index in [9.17, 15) is 19.8 Å². The van der Waals surface area contributed by atoms with Crippen molar-refractivity contribution in [3.63, 3.8) is 0 Å².